The Balaban J connectivity index is 1.32. The van der Waals surface area contributed by atoms with E-state index in [1.54, 1.807) is 0 Å². The lowest BCUT2D eigenvalue weighted by atomic mass is 9.51. The highest BCUT2D eigenvalue weighted by atomic mass is 32.1. The summed E-state index contributed by atoms with van der Waals surface area (Å²) < 4.78 is 5.81. The number of nitrogens with zero attached hydrogens (tertiary/aromatic N) is 2. The van der Waals surface area contributed by atoms with Gasteiger partial charge in [-0.1, -0.05) is 17.8 Å². The van der Waals surface area contributed by atoms with E-state index in [0.717, 1.165) is 30.9 Å². The Morgan fingerprint density at radius 3 is 2.86 bits per heavy atom. The quantitative estimate of drug-likeness (QED) is 0.874. The van der Waals surface area contributed by atoms with Gasteiger partial charge in [0.25, 0.3) is 0 Å². The molecule has 1 heterocycles. The minimum absolute atomic E-state index is 0.162. The molecule has 0 bridgehead atoms. The second-order valence-electron chi connectivity index (χ2n) is 6.64. The third-order valence-corrected chi connectivity index (χ3v) is 6.33. The molecule has 4 rings (SSSR count). The summed E-state index contributed by atoms with van der Waals surface area (Å²) in [4.78, 5) is 12.2. The number of hydrogen-bond acceptors (Lipinski definition) is 5. The molecule has 0 radical (unpaired) electrons. The van der Waals surface area contributed by atoms with Gasteiger partial charge < -0.3 is 10.1 Å². The molecule has 2 atom stereocenters. The maximum atomic E-state index is 12.2. The molecule has 0 saturated heterocycles. The molecule has 1 aromatic rings. The molecule has 120 valence electrons. The van der Waals surface area contributed by atoms with Gasteiger partial charge in [-0.3, -0.25) is 5.32 Å². The van der Waals surface area contributed by atoms with E-state index in [0.29, 0.717) is 17.2 Å². The zero-order chi connectivity index (χ0) is 15.2. The first kappa shape index (κ1) is 14.4. The van der Waals surface area contributed by atoms with E-state index >= 15 is 0 Å². The van der Waals surface area contributed by atoms with Crippen LogP contribution in [0.15, 0.2) is 0 Å². The van der Waals surface area contributed by atoms with Crippen LogP contribution in [0.25, 0.3) is 0 Å². The number of rotatable bonds is 5. The van der Waals surface area contributed by atoms with Crippen LogP contribution < -0.4 is 10.6 Å². The predicted molar refractivity (Wildman–Crippen MR) is 84.1 cm³/mol. The van der Waals surface area contributed by atoms with Crippen molar-refractivity contribution in [2.45, 2.75) is 63.5 Å². The van der Waals surface area contributed by atoms with E-state index in [-0.39, 0.29) is 17.5 Å². The van der Waals surface area contributed by atoms with Crippen molar-refractivity contribution in [1.82, 2.24) is 15.5 Å². The van der Waals surface area contributed by atoms with Crippen molar-refractivity contribution in [2.24, 2.45) is 5.41 Å². The Morgan fingerprint density at radius 2 is 2.23 bits per heavy atom. The molecule has 3 aliphatic rings. The normalized spacial score (nSPS) is 28.8. The van der Waals surface area contributed by atoms with Gasteiger partial charge in [0.2, 0.25) is 5.13 Å². The van der Waals surface area contributed by atoms with Crippen molar-refractivity contribution in [1.29, 1.82) is 0 Å². The Labute approximate surface area is 134 Å². The lowest BCUT2D eigenvalue weighted by molar-refractivity contribution is -0.169. The monoisotopic (exact) mass is 322 g/mol. The van der Waals surface area contributed by atoms with Crippen LogP contribution in [0.1, 0.15) is 56.4 Å². The lowest BCUT2D eigenvalue weighted by Gasteiger charge is -2.60. The molecule has 2 amide bonds. The van der Waals surface area contributed by atoms with Crippen LogP contribution in [0.4, 0.5) is 9.93 Å². The molecule has 7 heteroatoms. The van der Waals surface area contributed by atoms with E-state index in [1.807, 2.05) is 6.92 Å². The van der Waals surface area contributed by atoms with E-state index in [1.165, 1.54) is 30.6 Å². The molecule has 1 aromatic heterocycles. The number of ether oxygens (including phenoxy) is 1. The SMILES string of the molecule is CCO[C@H]1C[C@@H](NC(=O)Nc2nnc(C3CC3)s2)C12CCC2. The summed E-state index contributed by atoms with van der Waals surface area (Å²) in [6.45, 7) is 2.78. The van der Waals surface area contributed by atoms with Gasteiger partial charge in [0, 0.05) is 24.0 Å². The van der Waals surface area contributed by atoms with Gasteiger partial charge in [-0.05, 0) is 39.0 Å². The molecule has 1 spiro atoms. The van der Waals surface area contributed by atoms with Crippen molar-refractivity contribution >= 4 is 22.5 Å². The molecule has 3 fully saturated rings. The van der Waals surface area contributed by atoms with Crippen LogP contribution >= 0.6 is 11.3 Å². The number of carbonyl (C=O) groups is 1. The summed E-state index contributed by atoms with van der Waals surface area (Å²) in [6.07, 6.45) is 7.20. The average molecular weight is 322 g/mol. The van der Waals surface area contributed by atoms with Gasteiger partial charge >= 0.3 is 6.03 Å². The zero-order valence-corrected chi connectivity index (χ0v) is 13.6. The number of hydrogen-bond donors (Lipinski definition) is 2. The Kier molecular flexibility index (Phi) is 3.57. The largest absolute Gasteiger partial charge is 0.378 e. The fourth-order valence-electron chi connectivity index (χ4n) is 3.71. The standard InChI is InChI=1S/C15H22N4O2S/c1-2-21-11-8-10(15(11)6-3-7-15)16-13(20)17-14-19-18-12(22-14)9-4-5-9/h9-11H,2-8H2,1H3,(H2,16,17,19,20)/t10-,11+/m1/s1. The van der Waals surface area contributed by atoms with Crippen molar-refractivity contribution in [3.63, 3.8) is 0 Å². The van der Waals surface area contributed by atoms with Gasteiger partial charge in [-0.15, -0.1) is 10.2 Å². The van der Waals surface area contributed by atoms with Crippen LogP contribution in [0, 0.1) is 5.41 Å². The van der Waals surface area contributed by atoms with Gasteiger partial charge in [0.05, 0.1) is 6.10 Å². The van der Waals surface area contributed by atoms with Crippen LogP contribution in [-0.4, -0.2) is 35.0 Å². The molecule has 2 N–H and O–H groups in total. The first-order valence-electron chi connectivity index (χ1n) is 8.24. The first-order chi connectivity index (χ1) is 10.7. The first-order valence-corrected chi connectivity index (χ1v) is 9.05. The fraction of sp³-hybridized carbons (Fsp3) is 0.800. The average Bonchev–Trinajstić information content (AvgIpc) is 3.17. The highest BCUT2D eigenvalue weighted by Crippen LogP contribution is 2.57. The second-order valence-corrected chi connectivity index (χ2v) is 7.65. The summed E-state index contributed by atoms with van der Waals surface area (Å²) >= 11 is 1.49. The van der Waals surface area contributed by atoms with Crippen molar-refractivity contribution in [3.8, 4) is 0 Å². The molecule has 6 nitrogen and oxygen atoms in total. The molecule has 0 aromatic carbocycles. The van der Waals surface area contributed by atoms with Crippen LogP contribution in [0.2, 0.25) is 0 Å². The van der Waals surface area contributed by atoms with Crippen LogP contribution in [0.5, 0.6) is 0 Å². The minimum Gasteiger partial charge on any atom is -0.378 e. The number of amides is 2. The predicted octanol–water partition coefficient (Wildman–Crippen LogP) is 2.88. The molecule has 3 saturated carbocycles. The number of anilines is 1. The topological polar surface area (TPSA) is 76.1 Å². The molecular formula is C15H22N4O2S. The Bertz CT molecular complexity index is 568. The number of nitrogens with one attached hydrogen (secondary N) is 2. The Hall–Kier alpha value is -1.21. The van der Waals surface area contributed by atoms with Gasteiger partial charge in [-0.2, -0.15) is 0 Å². The van der Waals surface area contributed by atoms with E-state index in [9.17, 15) is 4.79 Å². The zero-order valence-electron chi connectivity index (χ0n) is 12.8. The number of aromatic nitrogens is 2. The van der Waals surface area contributed by atoms with E-state index in [2.05, 4.69) is 20.8 Å². The summed E-state index contributed by atoms with van der Waals surface area (Å²) in [6, 6.07) is 0.0679. The summed E-state index contributed by atoms with van der Waals surface area (Å²) in [5.41, 5.74) is 0.188. The highest BCUT2D eigenvalue weighted by Gasteiger charge is 2.59. The maximum absolute atomic E-state index is 12.2. The van der Waals surface area contributed by atoms with E-state index in [4.69, 9.17) is 4.74 Å². The van der Waals surface area contributed by atoms with Gasteiger partial charge in [0.1, 0.15) is 5.01 Å². The molecule has 3 aliphatic carbocycles. The third-order valence-electron chi connectivity index (χ3n) is 5.33. The van der Waals surface area contributed by atoms with Crippen molar-refractivity contribution < 1.29 is 9.53 Å². The van der Waals surface area contributed by atoms with E-state index < -0.39 is 0 Å². The van der Waals surface area contributed by atoms with Crippen molar-refractivity contribution in [3.05, 3.63) is 5.01 Å². The van der Waals surface area contributed by atoms with Crippen LogP contribution in [-0.2, 0) is 4.74 Å². The molecule has 0 aliphatic heterocycles. The molecule has 22 heavy (non-hydrogen) atoms. The van der Waals surface area contributed by atoms with Gasteiger partial charge in [0.15, 0.2) is 0 Å². The van der Waals surface area contributed by atoms with Crippen LogP contribution in [0.3, 0.4) is 0 Å². The third kappa shape index (κ3) is 2.40. The fourth-order valence-corrected chi connectivity index (χ4v) is 4.62. The smallest absolute Gasteiger partial charge is 0.321 e. The Morgan fingerprint density at radius 1 is 1.41 bits per heavy atom. The number of urea groups is 1. The summed E-state index contributed by atoms with van der Waals surface area (Å²) in [5, 5.41) is 15.8. The molecule has 0 unspecified atom stereocenters. The van der Waals surface area contributed by atoms with Gasteiger partial charge in [-0.25, -0.2) is 4.79 Å². The second kappa shape index (κ2) is 5.45. The summed E-state index contributed by atoms with van der Waals surface area (Å²) in [7, 11) is 0. The lowest BCUT2D eigenvalue weighted by Crippen LogP contribution is -2.68. The number of carbonyl (C=O) groups excluding carboxylic acids is 1. The summed E-state index contributed by atoms with van der Waals surface area (Å²) in [5.74, 6) is 0.577. The van der Waals surface area contributed by atoms with Crippen molar-refractivity contribution in [2.75, 3.05) is 11.9 Å². The maximum Gasteiger partial charge on any atom is 0.321 e. The minimum atomic E-state index is -0.162. The molecular weight excluding hydrogens is 300 g/mol. The highest BCUT2D eigenvalue weighted by molar-refractivity contribution is 7.15.